The Balaban J connectivity index is 2.01. The fourth-order valence-electron chi connectivity index (χ4n) is 2.84. The predicted molar refractivity (Wildman–Crippen MR) is 61.8 cm³/mol. The van der Waals surface area contributed by atoms with Gasteiger partial charge < -0.3 is 19.8 Å². The van der Waals surface area contributed by atoms with Gasteiger partial charge in [0.25, 0.3) is 0 Å². The largest absolute Gasteiger partial charge is 0.480 e. The number of hydrogen-bond donors (Lipinski definition) is 1. The molecule has 17 heavy (non-hydrogen) atoms. The van der Waals surface area contributed by atoms with Crippen LogP contribution in [-0.4, -0.2) is 78.1 Å². The highest BCUT2D eigenvalue weighted by Gasteiger charge is 2.41. The first kappa shape index (κ1) is 12.2. The van der Waals surface area contributed by atoms with Crippen LogP contribution in [0.3, 0.4) is 0 Å². The lowest BCUT2D eigenvalue weighted by atomic mass is 9.99. The van der Waals surface area contributed by atoms with Crippen LogP contribution in [0.2, 0.25) is 0 Å². The van der Waals surface area contributed by atoms with E-state index in [2.05, 4.69) is 11.9 Å². The van der Waals surface area contributed by atoms with Crippen molar-refractivity contribution in [3.8, 4) is 0 Å². The highest BCUT2D eigenvalue weighted by Crippen LogP contribution is 2.27. The topological polar surface area (TPSA) is 64.1 Å². The zero-order valence-corrected chi connectivity index (χ0v) is 10.3. The van der Waals surface area contributed by atoms with E-state index in [1.165, 1.54) is 4.90 Å². The molecule has 2 heterocycles. The third-order valence-electron chi connectivity index (χ3n) is 3.78. The Morgan fingerprint density at radius 2 is 2.12 bits per heavy atom. The molecule has 6 heteroatoms. The minimum Gasteiger partial charge on any atom is -0.480 e. The minimum atomic E-state index is -0.948. The van der Waals surface area contributed by atoms with Crippen molar-refractivity contribution in [2.24, 2.45) is 5.92 Å². The zero-order valence-electron chi connectivity index (χ0n) is 10.3. The van der Waals surface area contributed by atoms with E-state index >= 15 is 0 Å². The molecular weight excluding hydrogens is 222 g/mol. The predicted octanol–water partition coefficient (Wildman–Crippen LogP) is -0.241. The Morgan fingerprint density at radius 1 is 1.41 bits per heavy atom. The van der Waals surface area contributed by atoms with Gasteiger partial charge in [0.1, 0.15) is 6.54 Å². The fourth-order valence-corrected chi connectivity index (χ4v) is 2.84. The smallest absolute Gasteiger partial charge is 0.323 e. The van der Waals surface area contributed by atoms with E-state index in [0.717, 1.165) is 19.5 Å². The van der Waals surface area contributed by atoms with Crippen molar-refractivity contribution in [3.05, 3.63) is 0 Å². The number of urea groups is 1. The van der Waals surface area contributed by atoms with E-state index in [4.69, 9.17) is 5.11 Å². The monoisotopic (exact) mass is 241 g/mol. The van der Waals surface area contributed by atoms with Crippen molar-refractivity contribution in [2.75, 3.05) is 40.3 Å². The first-order valence-electron chi connectivity index (χ1n) is 5.91. The third-order valence-corrected chi connectivity index (χ3v) is 3.78. The van der Waals surface area contributed by atoms with Crippen molar-refractivity contribution < 1.29 is 14.7 Å². The van der Waals surface area contributed by atoms with Gasteiger partial charge in [0, 0.05) is 20.1 Å². The van der Waals surface area contributed by atoms with E-state index < -0.39 is 5.97 Å². The number of hydrogen-bond acceptors (Lipinski definition) is 3. The molecule has 2 amide bonds. The van der Waals surface area contributed by atoms with Gasteiger partial charge in [-0.25, -0.2) is 4.79 Å². The first-order chi connectivity index (χ1) is 7.99. The molecule has 2 atom stereocenters. The van der Waals surface area contributed by atoms with Crippen LogP contribution in [0.15, 0.2) is 0 Å². The SMILES string of the molecule is CN1CCC(C2CN(CC(=O)O)C(=O)N2C)C1. The number of carbonyl (C=O) groups excluding carboxylic acids is 1. The van der Waals surface area contributed by atoms with Crippen molar-refractivity contribution in [1.29, 1.82) is 0 Å². The van der Waals surface area contributed by atoms with Crippen LogP contribution in [0.25, 0.3) is 0 Å². The number of nitrogens with zero attached hydrogens (tertiary/aromatic N) is 3. The molecule has 6 nitrogen and oxygen atoms in total. The molecule has 2 fully saturated rings. The summed E-state index contributed by atoms with van der Waals surface area (Å²) in [6, 6.07) is -0.00115. The normalized spacial score (nSPS) is 30.4. The lowest BCUT2D eigenvalue weighted by Gasteiger charge is -2.23. The standard InChI is InChI=1S/C11H19N3O3/c1-12-4-3-8(5-12)9-6-14(7-10(15)16)11(17)13(9)2/h8-9H,3-7H2,1-2H3,(H,15,16). The number of likely N-dealkylation sites (tertiary alicyclic amines) is 1. The van der Waals surface area contributed by atoms with Gasteiger partial charge in [-0.15, -0.1) is 0 Å². The van der Waals surface area contributed by atoms with Gasteiger partial charge in [-0.2, -0.15) is 0 Å². The van der Waals surface area contributed by atoms with E-state index in [-0.39, 0.29) is 18.6 Å². The molecule has 0 saturated carbocycles. The van der Waals surface area contributed by atoms with Crippen molar-refractivity contribution in [3.63, 3.8) is 0 Å². The number of rotatable bonds is 3. The molecule has 0 aromatic rings. The first-order valence-corrected chi connectivity index (χ1v) is 5.91. The minimum absolute atomic E-state index is 0.159. The quantitative estimate of drug-likeness (QED) is 0.740. The maximum absolute atomic E-state index is 11.9. The van der Waals surface area contributed by atoms with Crippen LogP contribution in [0.5, 0.6) is 0 Å². The molecule has 2 aliphatic heterocycles. The van der Waals surface area contributed by atoms with Gasteiger partial charge in [0.2, 0.25) is 0 Å². The Labute approximate surface area is 101 Å². The van der Waals surface area contributed by atoms with Crippen LogP contribution in [0.4, 0.5) is 4.79 Å². The summed E-state index contributed by atoms with van der Waals surface area (Å²) in [5, 5.41) is 8.75. The van der Waals surface area contributed by atoms with E-state index in [9.17, 15) is 9.59 Å². The van der Waals surface area contributed by atoms with E-state index in [1.807, 2.05) is 0 Å². The molecule has 0 aromatic heterocycles. The van der Waals surface area contributed by atoms with Crippen LogP contribution >= 0.6 is 0 Å². The van der Waals surface area contributed by atoms with Crippen LogP contribution in [0, 0.1) is 5.92 Å². The summed E-state index contributed by atoms with van der Waals surface area (Å²) >= 11 is 0. The van der Waals surface area contributed by atoms with Crippen molar-refractivity contribution >= 4 is 12.0 Å². The number of carbonyl (C=O) groups is 2. The highest BCUT2D eigenvalue weighted by molar-refractivity contribution is 5.82. The molecule has 0 aliphatic carbocycles. The highest BCUT2D eigenvalue weighted by atomic mass is 16.4. The van der Waals surface area contributed by atoms with Crippen molar-refractivity contribution in [1.82, 2.24) is 14.7 Å². The molecule has 2 saturated heterocycles. The van der Waals surface area contributed by atoms with Gasteiger partial charge in [0.15, 0.2) is 0 Å². The second-order valence-electron chi connectivity index (χ2n) is 5.05. The number of likely N-dealkylation sites (N-methyl/N-ethyl adjacent to an activating group) is 1. The van der Waals surface area contributed by atoms with Gasteiger partial charge in [-0.3, -0.25) is 4.79 Å². The van der Waals surface area contributed by atoms with Crippen LogP contribution < -0.4 is 0 Å². The number of amides is 2. The molecule has 96 valence electrons. The molecule has 1 N–H and O–H groups in total. The summed E-state index contributed by atoms with van der Waals surface area (Å²) in [7, 11) is 3.85. The molecular formula is C11H19N3O3. The lowest BCUT2D eigenvalue weighted by molar-refractivity contribution is -0.137. The van der Waals surface area contributed by atoms with Gasteiger partial charge in [-0.1, -0.05) is 0 Å². The maximum atomic E-state index is 11.9. The van der Waals surface area contributed by atoms with Crippen LogP contribution in [0.1, 0.15) is 6.42 Å². The van der Waals surface area contributed by atoms with Gasteiger partial charge in [-0.05, 0) is 25.9 Å². The average molecular weight is 241 g/mol. The number of carboxylic acids is 1. The Hall–Kier alpha value is -1.30. The van der Waals surface area contributed by atoms with E-state index in [1.54, 1.807) is 11.9 Å². The molecule has 0 spiro atoms. The Bertz CT molecular complexity index is 334. The maximum Gasteiger partial charge on any atom is 0.323 e. The second-order valence-corrected chi connectivity index (χ2v) is 5.05. The third kappa shape index (κ3) is 2.36. The summed E-state index contributed by atoms with van der Waals surface area (Å²) in [6.45, 7) is 2.40. The van der Waals surface area contributed by atoms with Gasteiger partial charge >= 0.3 is 12.0 Å². The molecule has 0 radical (unpaired) electrons. The van der Waals surface area contributed by atoms with Crippen molar-refractivity contribution in [2.45, 2.75) is 12.5 Å². The summed E-state index contributed by atoms with van der Waals surface area (Å²) < 4.78 is 0. The Kier molecular flexibility index (Phi) is 3.24. The number of aliphatic carboxylic acids is 1. The Morgan fingerprint density at radius 3 is 2.65 bits per heavy atom. The summed E-state index contributed by atoms with van der Waals surface area (Å²) in [5.74, 6) is -0.483. The summed E-state index contributed by atoms with van der Waals surface area (Å²) in [5.41, 5.74) is 0. The summed E-state index contributed by atoms with van der Waals surface area (Å²) in [4.78, 5) is 27.9. The molecule has 0 aromatic carbocycles. The molecule has 2 rings (SSSR count). The number of carboxylic acid groups (broad SMARTS) is 1. The average Bonchev–Trinajstić information content (AvgIpc) is 2.77. The van der Waals surface area contributed by atoms with Gasteiger partial charge in [0.05, 0.1) is 6.04 Å². The zero-order chi connectivity index (χ0) is 12.6. The molecule has 0 bridgehead atoms. The van der Waals surface area contributed by atoms with Crippen LogP contribution in [-0.2, 0) is 4.79 Å². The lowest BCUT2D eigenvalue weighted by Crippen LogP contribution is -2.37. The van der Waals surface area contributed by atoms with E-state index in [0.29, 0.717) is 12.5 Å². The fraction of sp³-hybridized carbons (Fsp3) is 0.818. The molecule has 2 unspecified atom stereocenters. The second kappa shape index (κ2) is 4.52. The molecule has 2 aliphatic rings. The summed E-state index contributed by atoms with van der Waals surface area (Å²) in [6.07, 6.45) is 1.08.